The van der Waals surface area contributed by atoms with Gasteiger partial charge in [0.05, 0.1) is 21.9 Å². The maximum Gasteiger partial charge on any atom is 0.416 e. The van der Waals surface area contributed by atoms with E-state index in [2.05, 4.69) is 26.3 Å². The molecule has 0 saturated carbocycles. The number of hydrogen-bond acceptors (Lipinski definition) is 2. The van der Waals surface area contributed by atoms with Crippen LogP contribution in [-0.4, -0.2) is 16.3 Å². The minimum absolute atomic E-state index is 0.484. The molecule has 0 unspecified atom stereocenters. The van der Waals surface area contributed by atoms with Gasteiger partial charge in [-0.2, -0.15) is 18.3 Å². The van der Waals surface area contributed by atoms with E-state index < -0.39 is 11.7 Å². The molecule has 0 radical (unpaired) electrons. The molecular formula is C13H9BrF3N3. The third-order valence-corrected chi connectivity index (χ3v) is 3.58. The van der Waals surface area contributed by atoms with Crippen molar-refractivity contribution in [3.8, 4) is 0 Å². The van der Waals surface area contributed by atoms with Crippen LogP contribution in [0.2, 0.25) is 0 Å². The second kappa shape index (κ2) is 4.66. The molecule has 104 valence electrons. The molecule has 2 heterocycles. The number of fused-ring (bicyclic) bond motifs is 1. The summed E-state index contributed by atoms with van der Waals surface area (Å²) in [5, 5.41) is 7.27. The molecule has 1 aromatic heterocycles. The quantitative estimate of drug-likeness (QED) is 0.848. The van der Waals surface area contributed by atoms with Gasteiger partial charge in [-0.25, -0.2) is 4.68 Å². The van der Waals surface area contributed by atoms with Gasteiger partial charge in [0, 0.05) is 12.1 Å². The topological polar surface area (TPSA) is 29.9 Å². The van der Waals surface area contributed by atoms with Gasteiger partial charge in [0.25, 0.3) is 0 Å². The van der Waals surface area contributed by atoms with Crippen molar-refractivity contribution < 1.29 is 13.2 Å². The van der Waals surface area contributed by atoms with E-state index in [1.807, 2.05) is 6.08 Å². The Morgan fingerprint density at radius 2 is 2.10 bits per heavy atom. The number of halogens is 4. The Bertz CT molecular complexity index is 688. The molecule has 1 aromatic carbocycles. The fourth-order valence-electron chi connectivity index (χ4n) is 2.10. The second-order valence-corrected chi connectivity index (χ2v) is 5.16. The minimum Gasteiger partial charge on any atom is -0.365 e. The van der Waals surface area contributed by atoms with Crippen molar-refractivity contribution in [2.75, 3.05) is 11.9 Å². The fourth-order valence-corrected chi connectivity index (χ4v) is 2.50. The van der Waals surface area contributed by atoms with Gasteiger partial charge in [0.2, 0.25) is 0 Å². The Hall–Kier alpha value is -1.76. The predicted octanol–water partition coefficient (Wildman–Crippen LogP) is 3.98. The standard InChI is InChI=1S/C13H9BrF3N3/c14-10-7-19-20-11(4-5-18-12(10)20)8-2-1-3-9(6-8)13(15,16)17/h1-4,6-7,18H,5H2. The highest BCUT2D eigenvalue weighted by Gasteiger charge is 2.31. The van der Waals surface area contributed by atoms with E-state index in [1.165, 1.54) is 6.07 Å². The Kier molecular flexibility index (Phi) is 3.08. The number of aromatic nitrogens is 2. The average Bonchev–Trinajstić information content (AvgIpc) is 2.80. The van der Waals surface area contributed by atoms with Crippen LogP contribution in [0.25, 0.3) is 5.70 Å². The summed E-state index contributed by atoms with van der Waals surface area (Å²) in [6.45, 7) is 0.538. The molecule has 1 aliphatic rings. The molecule has 0 atom stereocenters. The van der Waals surface area contributed by atoms with E-state index in [0.29, 0.717) is 17.8 Å². The first kappa shape index (κ1) is 13.2. The third kappa shape index (κ3) is 2.22. The van der Waals surface area contributed by atoms with Crippen molar-refractivity contribution in [1.29, 1.82) is 0 Å². The van der Waals surface area contributed by atoms with Crippen LogP contribution in [0.5, 0.6) is 0 Å². The zero-order chi connectivity index (χ0) is 14.3. The van der Waals surface area contributed by atoms with Gasteiger partial charge < -0.3 is 5.32 Å². The van der Waals surface area contributed by atoms with Gasteiger partial charge in [-0.3, -0.25) is 0 Å². The lowest BCUT2D eigenvalue weighted by Gasteiger charge is -2.19. The summed E-state index contributed by atoms with van der Waals surface area (Å²) in [5.74, 6) is 0.736. The van der Waals surface area contributed by atoms with Crippen molar-refractivity contribution in [1.82, 2.24) is 9.78 Å². The summed E-state index contributed by atoms with van der Waals surface area (Å²) in [6, 6.07) is 5.24. The molecule has 20 heavy (non-hydrogen) atoms. The Labute approximate surface area is 121 Å². The predicted molar refractivity (Wildman–Crippen MR) is 73.2 cm³/mol. The average molecular weight is 344 g/mol. The number of hydrogen-bond donors (Lipinski definition) is 1. The third-order valence-electron chi connectivity index (χ3n) is 3.00. The molecule has 3 rings (SSSR count). The van der Waals surface area contributed by atoms with Crippen molar-refractivity contribution >= 4 is 27.4 Å². The number of benzene rings is 1. The zero-order valence-electron chi connectivity index (χ0n) is 10.1. The van der Waals surface area contributed by atoms with E-state index in [1.54, 1.807) is 16.9 Å². The first-order chi connectivity index (χ1) is 9.47. The molecular weight excluding hydrogens is 335 g/mol. The number of anilines is 1. The van der Waals surface area contributed by atoms with Crippen LogP contribution in [0, 0.1) is 0 Å². The molecule has 0 spiro atoms. The SMILES string of the molecule is FC(F)(F)c1cccc(C2=CCNc3c(Br)cnn32)c1. The molecule has 0 amide bonds. The van der Waals surface area contributed by atoms with E-state index >= 15 is 0 Å². The van der Waals surface area contributed by atoms with Crippen molar-refractivity contribution in [3.63, 3.8) is 0 Å². The molecule has 2 aromatic rings. The molecule has 1 N–H and O–H groups in total. The molecule has 0 fully saturated rings. The van der Waals surface area contributed by atoms with E-state index in [0.717, 1.165) is 22.4 Å². The zero-order valence-corrected chi connectivity index (χ0v) is 11.7. The highest BCUT2D eigenvalue weighted by Crippen LogP contribution is 2.34. The van der Waals surface area contributed by atoms with Gasteiger partial charge >= 0.3 is 6.18 Å². The van der Waals surface area contributed by atoms with Crippen LogP contribution in [0.4, 0.5) is 19.0 Å². The van der Waals surface area contributed by atoms with Crippen LogP contribution < -0.4 is 5.32 Å². The normalized spacial score (nSPS) is 14.5. The van der Waals surface area contributed by atoms with E-state index in [-0.39, 0.29) is 0 Å². The van der Waals surface area contributed by atoms with Crippen LogP contribution >= 0.6 is 15.9 Å². The minimum atomic E-state index is -4.35. The van der Waals surface area contributed by atoms with Crippen molar-refractivity contribution in [2.24, 2.45) is 0 Å². The van der Waals surface area contributed by atoms with Gasteiger partial charge in [0.15, 0.2) is 0 Å². The Morgan fingerprint density at radius 1 is 1.30 bits per heavy atom. The molecule has 1 aliphatic heterocycles. The van der Waals surface area contributed by atoms with Gasteiger partial charge in [-0.1, -0.05) is 12.1 Å². The van der Waals surface area contributed by atoms with Crippen molar-refractivity contribution in [3.05, 3.63) is 52.1 Å². The summed E-state index contributed by atoms with van der Waals surface area (Å²) in [5.41, 5.74) is 0.455. The van der Waals surface area contributed by atoms with Crippen LogP contribution in [-0.2, 0) is 6.18 Å². The van der Waals surface area contributed by atoms with Gasteiger partial charge in [-0.05, 0) is 34.1 Å². The Balaban J connectivity index is 2.08. The molecule has 0 saturated heterocycles. The smallest absolute Gasteiger partial charge is 0.365 e. The van der Waals surface area contributed by atoms with Gasteiger partial charge in [-0.15, -0.1) is 0 Å². The molecule has 0 aliphatic carbocycles. The number of rotatable bonds is 1. The first-order valence-electron chi connectivity index (χ1n) is 5.82. The fraction of sp³-hybridized carbons (Fsp3) is 0.154. The summed E-state index contributed by atoms with van der Waals surface area (Å²) in [4.78, 5) is 0. The maximum atomic E-state index is 12.8. The monoisotopic (exact) mass is 343 g/mol. The van der Waals surface area contributed by atoms with Crippen molar-refractivity contribution in [2.45, 2.75) is 6.18 Å². The molecule has 7 heteroatoms. The summed E-state index contributed by atoms with van der Waals surface area (Å²) >= 11 is 3.35. The van der Waals surface area contributed by atoms with Crippen LogP contribution in [0.15, 0.2) is 41.0 Å². The number of nitrogens with zero attached hydrogens (tertiary/aromatic N) is 2. The van der Waals surface area contributed by atoms with E-state index in [9.17, 15) is 13.2 Å². The lowest BCUT2D eigenvalue weighted by atomic mass is 10.1. The van der Waals surface area contributed by atoms with Crippen LogP contribution in [0.1, 0.15) is 11.1 Å². The largest absolute Gasteiger partial charge is 0.416 e. The lowest BCUT2D eigenvalue weighted by Crippen LogP contribution is -2.15. The maximum absolute atomic E-state index is 12.8. The van der Waals surface area contributed by atoms with Gasteiger partial charge in [0.1, 0.15) is 5.82 Å². The molecule has 3 nitrogen and oxygen atoms in total. The highest BCUT2D eigenvalue weighted by atomic mass is 79.9. The van der Waals surface area contributed by atoms with Crippen LogP contribution in [0.3, 0.4) is 0 Å². The lowest BCUT2D eigenvalue weighted by molar-refractivity contribution is -0.137. The molecule has 0 bridgehead atoms. The summed E-state index contributed by atoms with van der Waals surface area (Å²) in [7, 11) is 0. The summed E-state index contributed by atoms with van der Waals surface area (Å²) < 4.78 is 40.7. The first-order valence-corrected chi connectivity index (χ1v) is 6.61. The highest BCUT2D eigenvalue weighted by molar-refractivity contribution is 9.10. The summed E-state index contributed by atoms with van der Waals surface area (Å²) in [6.07, 6.45) is -0.936. The number of alkyl halides is 3. The second-order valence-electron chi connectivity index (χ2n) is 4.30. The van der Waals surface area contributed by atoms with E-state index in [4.69, 9.17) is 0 Å². The number of nitrogens with one attached hydrogen (secondary N) is 1. The Morgan fingerprint density at radius 3 is 2.85 bits per heavy atom.